The quantitative estimate of drug-likeness (QED) is 0.0537. The van der Waals surface area contributed by atoms with E-state index in [9.17, 15) is 4.79 Å². The lowest BCUT2D eigenvalue weighted by molar-refractivity contribution is -0.134. The van der Waals surface area contributed by atoms with E-state index in [1.807, 2.05) is 52.8 Å². The average Bonchev–Trinajstić information content (AvgIpc) is 4.04. The van der Waals surface area contributed by atoms with Crippen LogP contribution in [0.15, 0.2) is 113 Å². The van der Waals surface area contributed by atoms with Gasteiger partial charge in [-0.2, -0.15) is 0 Å². The Bertz CT molecular complexity index is 2180. The molecule has 4 N–H and O–H groups in total. The molecule has 68 heavy (non-hydrogen) atoms. The molecule has 0 saturated heterocycles. The smallest absolute Gasteiger partial charge is 0.223 e. The summed E-state index contributed by atoms with van der Waals surface area (Å²) in [5.41, 5.74) is 8.34. The summed E-state index contributed by atoms with van der Waals surface area (Å²) >= 11 is 0. The normalized spacial score (nSPS) is 10.7. The van der Waals surface area contributed by atoms with E-state index in [1.165, 1.54) is 5.56 Å². The number of nitrogens with one attached hydrogen (secondary N) is 4. The molecule has 0 saturated carbocycles. The summed E-state index contributed by atoms with van der Waals surface area (Å²) in [7, 11) is 5.06. The first kappa shape index (κ1) is 65.8. The lowest BCUT2D eigenvalue weighted by atomic mass is 9.92. The van der Waals surface area contributed by atoms with Gasteiger partial charge in [0.05, 0.1) is 42.1 Å². The maximum Gasteiger partial charge on any atom is 0.223 e. The number of aromatic amines is 2. The molecule has 1 aliphatic heterocycles. The number of carbonyl (C=O) groups is 1. The van der Waals surface area contributed by atoms with Crippen molar-refractivity contribution in [3.05, 3.63) is 130 Å². The van der Waals surface area contributed by atoms with E-state index >= 15 is 0 Å². The molecular formula is C57H90N8O3. The van der Waals surface area contributed by atoms with E-state index in [-0.39, 0.29) is 25.4 Å². The second kappa shape index (κ2) is 38.6. The van der Waals surface area contributed by atoms with Gasteiger partial charge in [-0.25, -0.2) is 9.97 Å². The fourth-order valence-corrected chi connectivity index (χ4v) is 6.99. The van der Waals surface area contributed by atoms with Crippen LogP contribution in [0, 0.1) is 12.8 Å². The number of hydrogen-bond donors (Lipinski definition) is 4. The van der Waals surface area contributed by atoms with Gasteiger partial charge >= 0.3 is 0 Å². The minimum atomic E-state index is 0. The molecule has 11 heteroatoms. The van der Waals surface area contributed by atoms with Gasteiger partial charge in [-0.3, -0.25) is 4.79 Å². The van der Waals surface area contributed by atoms with Crippen LogP contribution in [0.5, 0.6) is 5.75 Å². The Labute approximate surface area is 413 Å². The Morgan fingerprint density at radius 3 is 2.07 bits per heavy atom. The van der Waals surface area contributed by atoms with Gasteiger partial charge in [0, 0.05) is 56.9 Å². The van der Waals surface area contributed by atoms with Gasteiger partial charge in [0.15, 0.2) is 0 Å². The second-order valence-electron chi connectivity index (χ2n) is 14.3. The topological polar surface area (TPSA) is 123 Å². The van der Waals surface area contributed by atoms with Crippen molar-refractivity contribution in [3.63, 3.8) is 0 Å². The van der Waals surface area contributed by atoms with Gasteiger partial charge in [-0.05, 0) is 91.3 Å². The van der Waals surface area contributed by atoms with Gasteiger partial charge in [-0.15, -0.1) is 39.2 Å². The number of ether oxygens (including phenoxy) is 2. The Morgan fingerprint density at radius 2 is 1.53 bits per heavy atom. The molecule has 0 spiro atoms. The zero-order valence-electron chi connectivity index (χ0n) is 43.4. The number of terminal acetylenes is 1. The highest BCUT2D eigenvalue weighted by Crippen LogP contribution is 2.42. The first-order valence-electron chi connectivity index (χ1n) is 23.5. The third-order valence-corrected chi connectivity index (χ3v) is 10.1. The number of amides is 1. The maximum absolute atomic E-state index is 12.9. The van der Waals surface area contributed by atoms with Crippen LogP contribution in [-0.2, 0) is 29.2 Å². The number of hydrogen-bond acceptors (Lipinski definition) is 8. The Balaban J connectivity index is -0.00000209. The summed E-state index contributed by atoms with van der Waals surface area (Å²) in [5.74, 6) is 2.73. The number of methoxy groups -OCH3 is 1. The monoisotopic (exact) mass is 935 g/mol. The molecule has 5 aromatic rings. The van der Waals surface area contributed by atoms with Crippen LogP contribution in [0.4, 0.5) is 0 Å². The lowest BCUT2D eigenvalue weighted by Gasteiger charge is -2.30. The van der Waals surface area contributed by atoms with Gasteiger partial charge in [-0.1, -0.05) is 101 Å². The van der Waals surface area contributed by atoms with Crippen molar-refractivity contribution < 1.29 is 14.3 Å². The van der Waals surface area contributed by atoms with Crippen LogP contribution in [0.2, 0.25) is 0 Å². The first-order valence-corrected chi connectivity index (χ1v) is 23.5. The minimum Gasteiger partial charge on any atom is -0.488 e. The molecule has 0 aliphatic carbocycles. The molecule has 2 aromatic heterocycles. The molecule has 0 bridgehead atoms. The van der Waals surface area contributed by atoms with Crippen LogP contribution in [-0.4, -0.2) is 75.5 Å². The summed E-state index contributed by atoms with van der Waals surface area (Å²) in [6, 6.07) is 15.4. The van der Waals surface area contributed by atoms with Crippen molar-refractivity contribution in [3.8, 4) is 41.0 Å². The van der Waals surface area contributed by atoms with Crippen LogP contribution >= 0.6 is 0 Å². The summed E-state index contributed by atoms with van der Waals surface area (Å²) in [6.45, 7) is 44.7. The predicted octanol–water partition coefficient (Wildman–Crippen LogP) is 14.0. The molecule has 0 radical (unpaired) electrons. The number of aromatic nitrogens is 4. The molecule has 11 nitrogen and oxygen atoms in total. The Hall–Kier alpha value is -6.51. The average molecular weight is 935 g/mol. The van der Waals surface area contributed by atoms with E-state index in [1.54, 1.807) is 26.6 Å². The van der Waals surface area contributed by atoms with E-state index in [4.69, 9.17) is 14.7 Å². The standard InChI is InChI=1S/C41H51N7O2.C3H7N.C2H6O.2C2H6.2C2H4.C2H2.CH4/c1-8-13-40(49)48(26(6)10-3)24-39-44-35-17-15-28-20-33-31-16-14-29(19-30(31)25-50-37(33)21-32(28)41(35)46-39)36-22-43-38(45-36)23-47(18-9-2)27(7)34(11-4)42-12-5;1-3-4-2;1-3-2;5*1-2;/h12,14-17,19-22,26,34,42H,5,7-11,13,18,23-25H2,1-4,6H3,(H,43,45)(H,44,46);3-4H,1H2,2H3;1-2H3;2*1-2H3;2*1-2H2;1-2H;1H4/t26-,34-;;;;;;;;/m0......../s1. The Kier molecular flexibility index (Phi) is 37.3. The molecule has 0 unspecified atom stereocenters. The van der Waals surface area contributed by atoms with Crippen LogP contribution in [0.1, 0.15) is 119 Å². The number of H-pyrrole nitrogens is 2. The number of rotatable bonds is 17. The highest BCUT2D eigenvalue weighted by Gasteiger charge is 2.23. The molecule has 0 fully saturated rings. The molecule has 376 valence electrons. The third-order valence-electron chi connectivity index (χ3n) is 10.1. The fraction of sp³-hybridized carbons (Fsp3) is 0.421. The number of carbonyl (C=O) groups excluding carboxylic acids is 1. The first-order chi connectivity index (χ1) is 32.6. The lowest BCUT2D eigenvalue weighted by Crippen LogP contribution is -2.37. The number of benzene rings is 3. The van der Waals surface area contributed by atoms with Crippen molar-refractivity contribution >= 4 is 27.7 Å². The fourth-order valence-electron chi connectivity index (χ4n) is 6.99. The molecule has 2 atom stereocenters. The van der Waals surface area contributed by atoms with Crippen LogP contribution in [0.25, 0.3) is 44.2 Å². The van der Waals surface area contributed by atoms with Gasteiger partial charge in [0.1, 0.15) is 24.0 Å². The molecule has 3 aromatic carbocycles. The molecule has 1 amide bonds. The van der Waals surface area contributed by atoms with E-state index < -0.39 is 0 Å². The SMILES string of the molecule is C.C#C.C=C.C=C.C=CNC.C=CN[C@@H](CC)C(=C)N(CCC)Cc1ncc(-c2ccc3c(c2)COc2cc4c(ccc5[nH]c(CN(C(=O)CCC)[C@@H](C)CC)nc54)cc2-3)[nH]1.CC.CC.COC. The number of imidazole rings is 2. The largest absolute Gasteiger partial charge is 0.488 e. The van der Waals surface area contributed by atoms with E-state index in [0.29, 0.717) is 26.1 Å². The highest BCUT2D eigenvalue weighted by molar-refractivity contribution is 6.07. The van der Waals surface area contributed by atoms with Crippen molar-refractivity contribution in [2.24, 2.45) is 0 Å². The number of nitrogens with zero attached hydrogens (tertiary/aromatic N) is 4. The zero-order chi connectivity index (χ0) is 51.5. The zero-order valence-corrected chi connectivity index (χ0v) is 43.4. The highest BCUT2D eigenvalue weighted by atomic mass is 16.5. The van der Waals surface area contributed by atoms with Gasteiger partial charge in [0.25, 0.3) is 0 Å². The van der Waals surface area contributed by atoms with Crippen LogP contribution < -0.4 is 15.4 Å². The summed E-state index contributed by atoms with van der Waals surface area (Å²) in [4.78, 5) is 34.0. The minimum absolute atomic E-state index is 0. The predicted molar refractivity (Wildman–Crippen MR) is 297 cm³/mol. The van der Waals surface area contributed by atoms with Gasteiger partial charge in [0.2, 0.25) is 5.91 Å². The van der Waals surface area contributed by atoms with Gasteiger partial charge < -0.3 is 39.9 Å². The summed E-state index contributed by atoms with van der Waals surface area (Å²) in [6.07, 6.45) is 17.5. The Morgan fingerprint density at radius 1 is 0.897 bits per heavy atom. The maximum atomic E-state index is 12.9. The number of fused-ring (bicyclic) bond motifs is 6. The van der Waals surface area contributed by atoms with Crippen molar-refractivity contribution in [2.75, 3.05) is 27.8 Å². The van der Waals surface area contributed by atoms with Crippen LogP contribution in [0.3, 0.4) is 0 Å². The van der Waals surface area contributed by atoms with Crippen molar-refractivity contribution in [2.45, 2.75) is 134 Å². The van der Waals surface area contributed by atoms with Crippen molar-refractivity contribution in [1.82, 2.24) is 40.4 Å². The second-order valence-corrected chi connectivity index (χ2v) is 14.3. The van der Waals surface area contributed by atoms with Crippen molar-refractivity contribution in [1.29, 1.82) is 0 Å². The molecular weight excluding hydrogens is 845 g/mol. The molecule has 3 heterocycles. The molecule has 1 aliphatic rings. The van der Waals surface area contributed by atoms with E-state index in [0.717, 1.165) is 99.5 Å². The third kappa shape index (κ3) is 19.0. The summed E-state index contributed by atoms with van der Waals surface area (Å²) in [5, 5.41) is 8.15. The molecule has 6 rings (SSSR count). The summed E-state index contributed by atoms with van der Waals surface area (Å²) < 4.78 is 10.6. The van der Waals surface area contributed by atoms with E-state index in [2.05, 4.69) is 159 Å².